The van der Waals surface area contributed by atoms with E-state index < -0.39 is 11.4 Å². The van der Waals surface area contributed by atoms with Crippen LogP contribution in [0, 0.1) is 5.82 Å². The number of benzene rings is 1. The fourth-order valence-electron chi connectivity index (χ4n) is 1.46. The molecule has 0 saturated carbocycles. The molecule has 1 unspecified atom stereocenters. The first-order valence-corrected chi connectivity index (χ1v) is 5.56. The molecule has 1 atom stereocenters. The highest BCUT2D eigenvalue weighted by Crippen LogP contribution is 2.19. The van der Waals surface area contributed by atoms with Crippen LogP contribution in [0.2, 0.25) is 5.02 Å². The van der Waals surface area contributed by atoms with Gasteiger partial charge >= 0.3 is 0 Å². The topological polar surface area (TPSA) is 29.5 Å². The van der Waals surface area contributed by atoms with E-state index in [0.717, 1.165) is 0 Å². The molecule has 0 aliphatic rings. The van der Waals surface area contributed by atoms with Gasteiger partial charge in [0.25, 0.3) is 0 Å². The Hall–Kier alpha value is -0.640. The quantitative estimate of drug-likeness (QED) is 0.866. The average molecular weight is 247 g/mol. The van der Waals surface area contributed by atoms with Gasteiger partial charge < -0.3 is 9.84 Å². The van der Waals surface area contributed by atoms with Crippen molar-refractivity contribution < 1.29 is 14.2 Å². The first kappa shape index (κ1) is 13.4. The summed E-state index contributed by atoms with van der Waals surface area (Å²) in [6.45, 7) is 4.30. The van der Waals surface area contributed by atoms with Gasteiger partial charge in [0.2, 0.25) is 0 Å². The molecule has 0 amide bonds. The highest BCUT2D eigenvalue weighted by molar-refractivity contribution is 6.30. The van der Waals surface area contributed by atoms with Crippen molar-refractivity contribution >= 4 is 11.6 Å². The Morgan fingerprint density at radius 3 is 2.75 bits per heavy atom. The summed E-state index contributed by atoms with van der Waals surface area (Å²) in [6, 6.07) is 4.53. The van der Waals surface area contributed by atoms with Crippen molar-refractivity contribution in [3.05, 3.63) is 34.6 Å². The van der Waals surface area contributed by atoms with Crippen LogP contribution in [0.4, 0.5) is 4.39 Å². The Morgan fingerprint density at radius 1 is 1.50 bits per heavy atom. The SMILES string of the molecule is CCOCC(C)(O)Cc1ccc(Cl)c(F)c1. The minimum Gasteiger partial charge on any atom is -0.387 e. The van der Waals surface area contributed by atoms with E-state index in [1.807, 2.05) is 6.92 Å². The van der Waals surface area contributed by atoms with E-state index in [1.165, 1.54) is 12.1 Å². The van der Waals surface area contributed by atoms with Gasteiger partial charge in [-0.3, -0.25) is 0 Å². The van der Waals surface area contributed by atoms with Crippen molar-refractivity contribution in [3.63, 3.8) is 0 Å². The molecule has 0 heterocycles. The van der Waals surface area contributed by atoms with Gasteiger partial charge in [0.15, 0.2) is 0 Å². The summed E-state index contributed by atoms with van der Waals surface area (Å²) < 4.78 is 18.3. The lowest BCUT2D eigenvalue weighted by atomic mass is 9.97. The second-order valence-electron chi connectivity index (χ2n) is 4.06. The Balaban J connectivity index is 2.68. The van der Waals surface area contributed by atoms with Gasteiger partial charge in [-0.15, -0.1) is 0 Å². The summed E-state index contributed by atoms with van der Waals surface area (Å²) in [6.07, 6.45) is 0.334. The standard InChI is InChI=1S/C12H16ClFO2/c1-3-16-8-12(2,15)7-9-4-5-10(13)11(14)6-9/h4-6,15H,3,7-8H2,1-2H3. The lowest BCUT2D eigenvalue weighted by molar-refractivity contribution is -0.0296. The van der Waals surface area contributed by atoms with Crippen molar-refractivity contribution in [1.82, 2.24) is 0 Å². The van der Waals surface area contributed by atoms with Crippen LogP contribution in [0.25, 0.3) is 0 Å². The first-order valence-electron chi connectivity index (χ1n) is 5.18. The molecule has 0 aliphatic carbocycles. The fraction of sp³-hybridized carbons (Fsp3) is 0.500. The summed E-state index contributed by atoms with van der Waals surface area (Å²) in [5, 5.41) is 10.1. The molecule has 16 heavy (non-hydrogen) atoms. The number of hydrogen-bond acceptors (Lipinski definition) is 2. The van der Waals surface area contributed by atoms with Crippen LogP contribution < -0.4 is 0 Å². The van der Waals surface area contributed by atoms with E-state index in [4.69, 9.17) is 16.3 Å². The van der Waals surface area contributed by atoms with E-state index in [1.54, 1.807) is 13.0 Å². The largest absolute Gasteiger partial charge is 0.387 e. The van der Waals surface area contributed by atoms with Gasteiger partial charge in [-0.1, -0.05) is 17.7 Å². The first-order chi connectivity index (χ1) is 7.44. The summed E-state index contributed by atoms with van der Waals surface area (Å²) in [5.74, 6) is -0.466. The van der Waals surface area contributed by atoms with Gasteiger partial charge in [-0.25, -0.2) is 4.39 Å². The Bertz CT molecular complexity index is 353. The molecule has 1 aromatic rings. The maximum atomic E-state index is 13.2. The maximum absolute atomic E-state index is 13.2. The zero-order chi connectivity index (χ0) is 12.2. The van der Waals surface area contributed by atoms with Gasteiger partial charge in [-0.2, -0.15) is 0 Å². The number of rotatable bonds is 5. The molecule has 1 rings (SSSR count). The predicted molar refractivity (Wildman–Crippen MR) is 62.2 cm³/mol. The molecule has 1 N–H and O–H groups in total. The molecule has 0 fully saturated rings. The molecule has 90 valence electrons. The summed E-state index contributed by atoms with van der Waals surface area (Å²) in [4.78, 5) is 0. The third kappa shape index (κ3) is 4.08. The molecular formula is C12H16ClFO2. The van der Waals surface area contributed by atoms with E-state index in [-0.39, 0.29) is 11.6 Å². The Kier molecular flexibility index (Phi) is 4.71. The molecular weight excluding hydrogens is 231 g/mol. The van der Waals surface area contributed by atoms with E-state index in [0.29, 0.717) is 18.6 Å². The van der Waals surface area contributed by atoms with Crippen LogP contribution >= 0.6 is 11.6 Å². The van der Waals surface area contributed by atoms with Crippen molar-refractivity contribution in [2.24, 2.45) is 0 Å². The second-order valence-corrected chi connectivity index (χ2v) is 4.47. The lowest BCUT2D eigenvalue weighted by Gasteiger charge is -2.23. The van der Waals surface area contributed by atoms with Crippen LogP contribution in [0.5, 0.6) is 0 Å². The van der Waals surface area contributed by atoms with Crippen molar-refractivity contribution in [2.75, 3.05) is 13.2 Å². The minimum absolute atomic E-state index is 0.0909. The number of ether oxygens (including phenoxy) is 1. The molecule has 1 aromatic carbocycles. The number of hydrogen-bond donors (Lipinski definition) is 1. The van der Waals surface area contributed by atoms with Gasteiger partial charge in [-0.05, 0) is 31.5 Å². The average Bonchev–Trinajstić information content (AvgIpc) is 2.20. The van der Waals surface area contributed by atoms with Crippen LogP contribution in [0.15, 0.2) is 18.2 Å². The lowest BCUT2D eigenvalue weighted by Crippen LogP contribution is -2.33. The molecule has 0 spiro atoms. The Morgan fingerprint density at radius 2 is 2.19 bits per heavy atom. The maximum Gasteiger partial charge on any atom is 0.142 e. The highest BCUT2D eigenvalue weighted by Gasteiger charge is 2.21. The van der Waals surface area contributed by atoms with Gasteiger partial charge in [0, 0.05) is 13.0 Å². The highest BCUT2D eigenvalue weighted by atomic mass is 35.5. The molecule has 0 saturated heterocycles. The molecule has 0 bridgehead atoms. The molecule has 4 heteroatoms. The third-order valence-corrected chi connectivity index (χ3v) is 2.49. The summed E-state index contributed by atoms with van der Waals surface area (Å²) in [7, 11) is 0. The van der Waals surface area contributed by atoms with E-state index >= 15 is 0 Å². The third-order valence-electron chi connectivity index (χ3n) is 2.19. The van der Waals surface area contributed by atoms with Crippen molar-refractivity contribution in [1.29, 1.82) is 0 Å². The normalized spacial score (nSPS) is 14.8. The van der Waals surface area contributed by atoms with Crippen LogP contribution in [-0.2, 0) is 11.2 Å². The molecule has 2 nitrogen and oxygen atoms in total. The number of halogens is 2. The van der Waals surface area contributed by atoms with Crippen LogP contribution in [0.3, 0.4) is 0 Å². The van der Waals surface area contributed by atoms with E-state index in [2.05, 4.69) is 0 Å². The van der Waals surface area contributed by atoms with Crippen LogP contribution in [-0.4, -0.2) is 23.9 Å². The van der Waals surface area contributed by atoms with Gasteiger partial charge in [0.1, 0.15) is 5.82 Å². The number of aliphatic hydroxyl groups is 1. The second kappa shape index (κ2) is 5.62. The molecule has 0 radical (unpaired) electrons. The van der Waals surface area contributed by atoms with E-state index in [9.17, 15) is 9.50 Å². The summed E-state index contributed by atoms with van der Waals surface area (Å²) >= 11 is 5.57. The Labute approximate surface area is 100.0 Å². The fourth-order valence-corrected chi connectivity index (χ4v) is 1.58. The predicted octanol–water partition coefficient (Wildman–Crippen LogP) is 2.81. The molecule has 0 aromatic heterocycles. The van der Waals surface area contributed by atoms with Gasteiger partial charge in [0.05, 0.1) is 17.2 Å². The zero-order valence-electron chi connectivity index (χ0n) is 9.46. The monoisotopic (exact) mass is 246 g/mol. The smallest absolute Gasteiger partial charge is 0.142 e. The van der Waals surface area contributed by atoms with Crippen LogP contribution in [0.1, 0.15) is 19.4 Å². The minimum atomic E-state index is -0.990. The van der Waals surface area contributed by atoms with Crippen molar-refractivity contribution in [2.45, 2.75) is 25.9 Å². The zero-order valence-corrected chi connectivity index (χ0v) is 10.2. The summed E-state index contributed by atoms with van der Waals surface area (Å²) in [5.41, 5.74) is -0.289. The van der Waals surface area contributed by atoms with Crippen molar-refractivity contribution in [3.8, 4) is 0 Å². The molecule has 0 aliphatic heterocycles.